The monoisotopic (exact) mass is 1800 g/mol. The topological polar surface area (TPSA) is 591 Å². The minimum absolute atomic E-state index is 0.108. The zero-order chi connectivity index (χ0) is 92.6. The molecule has 8 N–H and O–H groups in total. The molecule has 0 aliphatic carbocycles. The van der Waals surface area contributed by atoms with E-state index >= 15 is 0 Å². The molecule has 0 saturated heterocycles. The van der Waals surface area contributed by atoms with Crippen LogP contribution in [0.4, 0.5) is 0 Å². The lowest BCUT2D eigenvalue weighted by Crippen LogP contribution is -2.39. The first-order chi connectivity index (χ1) is 60.2. The van der Waals surface area contributed by atoms with Gasteiger partial charge in [-0.3, -0.25) is 75.3 Å². The molecule has 10 aromatic heterocycles. The lowest BCUT2D eigenvalue weighted by Gasteiger charge is -2.19. The van der Waals surface area contributed by atoms with Crippen molar-refractivity contribution in [1.29, 1.82) is 0 Å². The van der Waals surface area contributed by atoms with Crippen molar-refractivity contribution in [2.24, 2.45) is 26.9 Å². The summed E-state index contributed by atoms with van der Waals surface area (Å²) >= 11 is 0. The number of ether oxygens (including phenoxy) is 1. The third-order valence-electron chi connectivity index (χ3n) is 19.9. The Bertz CT molecular complexity index is 7730. The van der Waals surface area contributed by atoms with Crippen molar-refractivity contribution in [3.63, 3.8) is 0 Å². The van der Waals surface area contributed by atoms with Crippen molar-refractivity contribution >= 4 is 103 Å². The molecule has 0 unspecified atom stereocenters. The Morgan fingerprint density at radius 1 is 0.457 bits per heavy atom. The lowest BCUT2D eigenvalue weighted by atomic mass is 10.2. The molecule has 47 heteroatoms. The number of nitrogens with two attached hydrogens (primary N) is 1. The molecule has 0 fully saturated rings. The summed E-state index contributed by atoms with van der Waals surface area (Å²) in [6, 6.07) is 30.8. The molecule has 10 heterocycles. The van der Waals surface area contributed by atoms with Crippen LogP contribution in [-0.2, 0) is 95.5 Å². The van der Waals surface area contributed by atoms with Crippen molar-refractivity contribution in [2.45, 2.75) is 108 Å². The standard InChI is InChI=1S/C21H30N6O4S.C19H24N6O4.C16H18N4O5S.C14H14N4O5S.C10H6N4O2/c1-6-12-27-20(28)17-19(26(7-2)21(27)29)23-18(22-17)15-8-10-16(11-9-15)32(30,31)25(5)14-13-24(3)4;1-3-24-17-15(18(27)25(4-2)19(24)28)22-16(23-17)12-5-7-13(8-6-12)29-11-14(26)21-10-9-20;1-3-9-20-15(21)12-14(19(4-2)16(20)22)18-13(17-12)10-5-7-11(8-6-10)26(23,24)25;1-16-10-12(17(2)14(20)18(3)13(10)19)15-11(16)8-4-6-9(7-5-8)24(21,22)23;15-9-7-8(13-10(16)14-9)12-6-4-2-1-3-5(6)11-7/h8-11H,6-7,12-14H2,1-5H3,(H,22,23);5-8H,3-4,9-11,20H2,1-2H3,(H,21,26)(H,22,23);5-8H,3-4,9H2,1-2H3,(H,17,18)(H,23,24,25);4-7H,1-3H3,(H,21,22,23);1-4H,(H2,12,13,14,15,16)/p-2. The summed E-state index contributed by atoms with van der Waals surface area (Å²) in [6.45, 7) is 14.6. The molecule has 0 spiro atoms. The van der Waals surface area contributed by atoms with Crippen LogP contribution in [-0.4, -0.2) is 199 Å². The van der Waals surface area contributed by atoms with Crippen LogP contribution in [0.2, 0.25) is 0 Å². The highest BCUT2D eigenvalue weighted by molar-refractivity contribution is 7.89. The van der Waals surface area contributed by atoms with Crippen LogP contribution in [0.1, 0.15) is 54.4 Å². The molecule has 0 radical (unpaired) electrons. The normalized spacial score (nSPS) is 11.7. The third-order valence-corrected chi connectivity index (χ3v) is 23.5. The molecule has 44 nitrogen and oxygen atoms in total. The fraction of sp³-hybridized carbons (Fsp3) is 0.312. The molecular formula is C80H90N24O20S3-2. The van der Waals surface area contributed by atoms with Gasteiger partial charge in [-0.25, -0.2) is 79.1 Å². The maximum absolute atomic E-state index is 12.8. The number of sulfonamides is 1. The molecule has 670 valence electrons. The van der Waals surface area contributed by atoms with Gasteiger partial charge in [0.1, 0.15) is 65.8 Å². The fourth-order valence-corrected chi connectivity index (χ4v) is 15.4. The van der Waals surface area contributed by atoms with E-state index in [9.17, 15) is 87.1 Å². The van der Waals surface area contributed by atoms with Gasteiger partial charge in [0.15, 0.2) is 45.9 Å². The highest BCUT2D eigenvalue weighted by atomic mass is 32.2. The second-order valence-corrected chi connectivity index (χ2v) is 33.5. The van der Waals surface area contributed by atoms with Gasteiger partial charge < -0.3 is 49.3 Å². The Balaban J connectivity index is 0.000000156. The van der Waals surface area contributed by atoms with Gasteiger partial charge in [0, 0.05) is 116 Å². The number of nitrogens with one attached hydrogen (secondary N) is 6. The number of H-pyrrole nitrogens is 5. The van der Waals surface area contributed by atoms with Gasteiger partial charge in [0.05, 0.1) is 25.7 Å². The van der Waals surface area contributed by atoms with E-state index in [1.165, 1.54) is 116 Å². The summed E-state index contributed by atoms with van der Waals surface area (Å²) in [5.41, 5.74) is 6.85. The number of aromatic nitrogens is 20. The molecule has 0 saturated carbocycles. The molecular weight excluding hydrogens is 1710 g/mol. The molecule has 1 amide bonds. The predicted octanol–water partition coefficient (Wildman–Crippen LogP) is 1.80. The van der Waals surface area contributed by atoms with E-state index in [2.05, 4.69) is 60.1 Å². The summed E-state index contributed by atoms with van der Waals surface area (Å²) in [5.74, 6) is 1.83. The first kappa shape index (κ1) is 93.6. The highest BCUT2D eigenvalue weighted by Gasteiger charge is 2.25. The Hall–Kier alpha value is -14.1. The quantitative estimate of drug-likeness (QED) is 0.0335. The number of benzene rings is 5. The summed E-state index contributed by atoms with van der Waals surface area (Å²) in [6.07, 6.45) is 1.29. The number of hydrogen-bond acceptors (Lipinski definition) is 28. The maximum Gasteiger partial charge on any atom is 0.332 e. The number of fused-ring (bicyclic) bond motifs is 6. The molecule has 0 aliphatic heterocycles. The molecule has 0 aliphatic rings. The van der Waals surface area contributed by atoms with Crippen LogP contribution >= 0.6 is 0 Å². The van der Waals surface area contributed by atoms with Gasteiger partial charge in [-0.2, -0.15) is 4.31 Å². The van der Waals surface area contributed by atoms with E-state index < -0.39 is 69.6 Å². The minimum Gasteiger partial charge on any atom is -0.744 e. The van der Waals surface area contributed by atoms with E-state index in [-0.39, 0.29) is 89.7 Å². The Kier molecular flexibility index (Phi) is 28.7. The number of para-hydroxylation sites is 2. The average Bonchev–Trinajstić information content (AvgIpc) is 1.65. The number of aromatic amines is 5. The number of amides is 1. The van der Waals surface area contributed by atoms with Gasteiger partial charge in [-0.1, -0.05) is 50.2 Å². The number of likely N-dealkylation sites (N-methyl/N-ethyl adjacent to an activating group) is 2. The number of nitrogens with zero attached hydrogens (tertiary/aromatic N) is 17. The van der Waals surface area contributed by atoms with Gasteiger partial charge in [0.25, 0.3) is 33.7 Å². The van der Waals surface area contributed by atoms with Crippen LogP contribution in [0, 0.1) is 0 Å². The SMILES string of the molecule is CCCn1c(=O)c2[nH]c(-c3ccc(S(=O)(=O)N(C)CCN(C)C)cc3)nc2n(CC)c1=O.CCCn1c(=O)c2[nH]c(-c3ccc(S(=O)(=O)[O-])cc3)nc2n(CC)c1=O.CCn1c(=O)c2[nH]c(-c3ccc(OCC(=O)NCCN)cc3)nc2n(CC)c1=O.Cn1c(=O)c2c(nc(-c3ccc(S(=O)(=O)[O-])cc3)n2C)n(C)c1=O.O=c1[nH]c(=O)c2nc3ccccc3nc2[nH]1. The molecule has 0 bridgehead atoms. The smallest absolute Gasteiger partial charge is 0.332 e. The van der Waals surface area contributed by atoms with Crippen molar-refractivity contribution in [3.8, 4) is 51.3 Å². The number of rotatable bonds is 24. The summed E-state index contributed by atoms with van der Waals surface area (Å²) in [5, 5.41) is 2.62. The average molecular weight is 1800 g/mol. The van der Waals surface area contributed by atoms with E-state index in [4.69, 9.17) is 10.5 Å². The van der Waals surface area contributed by atoms with E-state index in [1.54, 1.807) is 76.5 Å². The largest absolute Gasteiger partial charge is 0.744 e. The van der Waals surface area contributed by atoms with Crippen molar-refractivity contribution in [3.05, 3.63) is 226 Å². The highest BCUT2D eigenvalue weighted by Crippen LogP contribution is 2.27. The fourth-order valence-electron chi connectivity index (χ4n) is 13.3. The summed E-state index contributed by atoms with van der Waals surface area (Å²) < 4.78 is 110. The minimum atomic E-state index is -4.54. The number of hydrogen-bond donors (Lipinski definition) is 7. The number of imidazole rings is 4. The van der Waals surface area contributed by atoms with Crippen molar-refractivity contribution in [2.75, 3.05) is 53.9 Å². The van der Waals surface area contributed by atoms with Crippen molar-refractivity contribution in [1.82, 2.24) is 110 Å². The second-order valence-electron chi connectivity index (χ2n) is 28.6. The Morgan fingerprint density at radius 3 is 1.30 bits per heavy atom. The predicted molar refractivity (Wildman–Crippen MR) is 470 cm³/mol. The molecule has 15 aromatic rings. The number of carbonyl (C=O) groups excluding carboxylic acids is 1. The number of aryl methyl sites for hydroxylation is 5. The van der Waals surface area contributed by atoms with Crippen LogP contribution < -0.4 is 72.0 Å². The zero-order valence-corrected chi connectivity index (χ0v) is 73.3. The summed E-state index contributed by atoms with van der Waals surface area (Å²) in [4.78, 5) is 175. The third kappa shape index (κ3) is 19.9. The zero-order valence-electron chi connectivity index (χ0n) is 70.8. The van der Waals surface area contributed by atoms with Gasteiger partial charge >= 0.3 is 28.4 Å². The van der Waals surface area contributed by atoms with Crippen molar-refractivity contribution < 1.29 is 43.9 Å². The lowest BCUT2D eigenvalue weighted by molar-refractivity contribution is -0.123. The van der Waals surface area contributed by atoms with E-state index in [0.717, 1.165) is 10.1 Å². The first-order valence-electron chi connectivity index (χ1n) is 39.5. The van der Waals surface area contributed by atoms with E-state index in [0.29, 0.717) is 145 Å². The molecule has 0 atom stereocenters. The van der Waals surface area contributed by atoms with Crippen LogP contribution in [0.5, 0.6) is 5.75 Å². The van der Waals surface area contributed by atoms with Gasteiger partial charge in [0.2, 0.25) is 10.0 Å². The Labute approximate surface area is 719 Å². The van der Waals surface area contributed by atoms with Crippen LogP contribution in [0.15, 0.2) is 184 Å². The number of carbonyl (C=O) groups is 1. The Morgan fingerprint density at radius 2 is 0.874 bits per heavy atom. The maximum atomic E-state index is 12.8. The van der Waals surface area contributed by atoms with Gasteiger partial charge in [-0.05, 0) is 140 Å². The van der Waals surface area contributed by atoms with Crippen LogP contribution in [0.25, 0.3) is 112 Å². The molecule has 127 heavy (non-hydrogen) atoms. The first-order valence-corrected chi connectivity index (χ1v) is 43.8. The van der Waals surface area contributed by atoms with Gasteiger partial charge in [-0.15, -0.1) is 0 Å². The van der Waals surface area contributed by atoms with E-state index in [1.807, 2.05) is 58.8 Å². The molecule has 15 rings (SSSR count). The summed E-state index contributed by atoms with van der Waals surface area (Å²) in [7, 11) is -2.86. The molecule has 5 aromatic carbocycles. The van der Waals surface area contributed by atoms with Crippen LogP contribution in [0.3, 0.4) is 0 Å². The second kappa shape index (κ2) is 39.0.